The fourth-order valence-electron chi connectivity index (χ4n) is 2.08. The summed E-state index contributed by atoms with van der Waals surface area (Å²) < 4.78 is 4.88. The molecule has 1 aliphatic heterocycles. The van der Waals surface area contributed by atoms with Crippen molar-refractivity contribution in [3.8, 4) is 0 Å². The number of carbonyl (C=O) groups excluding carboxylic acids is 3. The van der Waals surface area contributed by atoms with Gasteiger partial charge in [-0.3, -0.25) is 14.4 Å². The van der Waals surface area contributed by atoms with E-state index in [9.17, 15) is 14.4 Å². The molecule has 0 aromatic heterocycles. The van der Waals surface area contributed by atoms with E-state index in [0.717, 1.165) is 0 Å². The van der Waals surface area contributed by atoms with Crippen LogP contribution >= 0.6 is 11.8 Å². The summed E-state index contributed by atoms with van der Waals surface area (Å²) in [6, 6.07) is 6.75. The van der Waals surface area contributed by atoms with Crippen LogP contribution < -0.4 is 10.6 Å². The number of nitrogens with zero attached hydrogens (tertiary/aromatic N) is 1. The number of thioether (sulfide) groups is 1. The standard InChI is InChI=1S/C15H19N3O4S/c1-22-8-6-16-14(20)11-4-2-3-5-12(11)17-13(19)10-18-7-9-23-15(18)21/h2-5H,6-10H2,1H3,(H,16,20)(H,17,19). The maximum absolute atomic E-state index is 12.1. The Morgan fingerprint density at radius 1 is 1.35 bits per heavy atom. The molecule has 0 saturated carbocycles. The Morgan fingerprint density at radius 3 is 2.83 bits per heavy atom. The second-order valence-electron chi connectivity index (χ2n) is 4.88. The Labute approximate surface area is 138 Å². The average Bonchev–Trinajstić information content (AvgIpc) is 2.93. The number of nitrogens with one attached hydrogen (secondary N) is 2. The van der Waals surface area contributed by atoms with E-state index in [2.05, 4.69) is 10.6 Å². The molecule has 1 fully saturated rings. The van der Waals surface area contributed by atoms with E-state index < -0.39 is 0 Å². The zero-order valence-corrected chi connectivity index (χ0v) is 13.6. The van der Waals surface area contributed by atoms with Gasteiger partial charge in [-0.25, -0.2) is 0 Å². The van der Waals surface area contributed by atoms with Crippen molar-refractivity contribution in [1.82, 2.24) is 10.2 Å². The lowest BCUT2D eigenvalue weighted by Gasteiger charge is -2.15. The Kier molecular flexibility index (Phi) is 6.42. The molecule has 0 bridgehead atoms. The van der Waals surface area contributed by atoms with Crippen LogP contribution in [0.1, 0.15) is 10.4 Å². The van der Waals surface area contributed by atoms with Crippen molar-refractivity contribution in [2.24, 2.45) is 0 Å². The van der Waals surface area contributed by atoms with Gasteiger partial charge in [0, 0.05) is 26.0 Å². The van der Waals surface area contributed by atoms with E-state index in [1.807, 2.05) is 0 Å². The summed E-state index contributed by atoms with van der Waals surface area (Å²) in [4.78, 5) is 37.2. The molecule has 1 saturated heterocycles. The Hall–Kier alpha value is -2.06. The number of amides is 3. The lowest BCUT2D eigenvalue weighted by molar-refractivity contribution is -0.116. The van der Waals surface area contributed by atoms with Gasteiger partial charge in [0.05, 0.1) is 17.9 Å². The maximum Gasteiger partial charge on any atom is 0.282 e. The molecule has 7 nitrogen and oxygen atoms in total. The first-order valence-corrected chi connectivity index (χ1v) is 8.18. The molecule has 3 amide bonds. The van der Waals surface area contributed by atoms with E-state index in [1.165, 1.54) is 16.7 Å². The highest BCUT2D eigenvalue weighted by Gasteiger charge is 2.23. The van der Waals surface area contributed by atoms with Gasteiger partial charge >= 0.3 is 0 Å². The van der Waals surface area contributed by atoms with Crippen LogP contribution in [-0.4, -0.2) is 61.1 Å². The first-order valence-electron chi connectivity index (χ1n) is 7.19. The topological polar surface area (TPSA) is 87.7 Å². The number of methoxy groups -OCH3 is 1. The van der Waals surface area contributed by atoms with Gasteiger partial charge in [0.15, 0.2) is 0 Å². The third kappa shape index (κ3) is 4.97. The van der Waals surface area contributed by atoms with Gasteiger partial charge < -0.3 is 20.3 Å². The Balaban J connectivity index is 1.97. The highest BCUT2D eigenvalue weighted by molar-refractivity contribution is 8.13. The zero-order valence-electron chi connectivity index (χ0n) is 12.8. The SMILES string of the molecule is COCCNC(=O)c1ccccc1NC(=O)CN1CCSC1=O. The van der Waals surface area contributed by atoms with Crippen LogP contribution in [-0.2, 0) is 9.53 Å². The molecule has 0 atom stereocenters. The molecule has 0 spiro atoms. The van der Waals surface area contributed by atoms with Crippen LogP contribution in [0.15, 0.2) is 24.3 Å². The van der Waals surface area contributed by atoms with Crippen molar-refractivity contribution < 1.29 is 19.1 Å². The van der Waals surface area contributed by atoms with Gasteiger partial charge in [-0.2, -0.15) is 0 Å². The fourth-order valence-corrected chi connectivity index (χ4v) is 2.91. The molecule has 8 heteroatoms. The zero-order chi connectivity index (χ0) is 16.7. The smallest absolute Gasteiger partial charge is 0.282 e. The van der Waals surface area contributed by atoms with Crippen molar-refractivity contribution >= 4 is 34.5 Å². The van der Waals surface area contributed by atoms with Gasteiger partial charge in [-0.15, -0.1) is 0 Å². The van der Waals surface area contributed by atoms with Crippen molar-refractivity contribution in [3.63, 3.8) is 0 Å². The molecule has 23 heavy (non-hydrogen) atoms. The lowest BCUT2D eigenvalue weighted by Crippen LogP contribution is -2.34. The Morgan fingerprint density at radius 2 is 2.13 bits per heavy atom. The maximum atomic E-state index is 12.1. The van der Waals surface area contributed by atoms with Gasteiger partial charge in [-0.1, -0.05) is 23.9 Å². The predicted octanol–water partition coefficient (Wildman–Crippen LogP) is 1.17. The summed E-state index contributed by atoms with van der Waals surface area (Å²) in [5.41, 5.74) is 0.797. The second-order valence-corrected chi connectivity index (χ2v) is 5.92. The predicted molar refractivity (Wildman–Crippen MR) is 88.7 cm³/mol. The van der Waals surface area contributed by atoms with Crippen LogP contribution in [0.25, 0.3) is 0 Å². The molecule has 1 aliphatic rings. The van der Waals surface area contributed by atoms with E-state index in [1.54, 1.807) is 31.4 Å². The number of benzene rings is 1. The third-order valence-electron chi connectivity index (χ3n) is 3.22. The van der Waals surface area contributed by atoms with Crippen molar-refractivity contribution in [2.75, 3.05) is 44.4 Å². The number of ether oxygens (including phenoxy) is 1. The van der Waals surface area contributed by atoms with E-state index >= 15 is 0 Å². The third-order valence-corrected chi connectivity index (χ3v) is 4.11. The lowest BCUT2D eigenvalue weighted by atomic mass is 10.1. The van der Waals surface area contributed by atoms with Gasteiger partial charge in [0.2, 0.25) is 5.91 Å². The number of rotatable bonds is 7. The fraction of sp³-hybridized carbons (Fsp3) is 0.400. The van der Waals surface area contributed by atoms with Gasteiger partial charge in [0.1, 0.15) is 6.54 Å². The summed E-state index contributed by atoms with van der Waals surface area (Å²) >= 11 is 1.20. The van der Waals surface area contributed by atoms with Crippen molar-refractivity contribution in [3.05, 3.63) is 29.8 Å². The largest absolute Gasteiger partial charge is 0.383 e. The monoisotopic (exact) mass is 337 g/mol. The van der Waals surface area contributed by atoms with Crippen LogP contribution in [0.5, 0.6) is 0 Å². The molecule has 2 N–H and O–H groups in total. The summed E-state index contributed by atoms with van der Waals surface area (Å²) in [5.74, 6) is 0.0914. The highest BCUT2D eigenvalue weighted by atomic mass is 32.2. The molecule has 0 radical (unpaired) electrons. The first kappa shape index (κ1) is 17.3. The second kappa shape index (κ2) is 8.54. The summed E-state index contributed by atoms with van der Waals surface area (Å²) in [7, 11) is 1.55. The van der Waals surface area contributed by atoms with Gasteiger partial charge in [0.25, 0.3) is 11.1 Å². The molecule has 1 aromatic rings. The number of hydrogen-bond donors (Lipinski definition) is 2. The minimum Gasteiger partial charge on any atom is -0.383 e. The molecule has 124 valence electrons. The van der Waals surface area contributed by atoms with Crippen LogP contribution in [0.4, 0.5) is 10.5 Å². The van der Waals surface area contributed by atoms with Crippen LogP contribution in [0.2, 0.25) is 0 Å². The van der Waals surface area contributed by atoms with E-state index in [-0.39, 0.29) is 23.6 Å². The average molecular weight is 337 g/mol. The minimum absolute atomic E-state index is 0.00847. The normalized spacial score (nSPS) is 14.0. The van der Waals surface area contributed by atoms with Crippen LogP contribution in [0, 0.1) is 0 Å². The minimum atomic E-state index is -0.321. The Bertz CT molecular complexity index is 594. The quantitative estimate of drug-likeness (QED) is 0.729. The van der Waals surface area contributed by atoms with Crippen molar-refractivity contribution in [1.29, 1.82) is 0 Å². The molecular formula is C15H19N3O4S. The highest BCUT2D eigenvalue weighted by Crippen LogP contribution is 2.18. The number of para-hydroxylation sites is 1. The van der Waals surface area contributed by atoms with Gasteiger partial charge in [-0.05, 0) is 12.1 Å². The molecule has 0 unspecified atom stereocenters. The van der Waals surface area contributed by atoms with Crippen molar-refractivity contribution in [2.45, 2.75) is 0 Å². The molecule has 2 rings (SSSR count). The summed E-state index contributed by atoms with van der Waals surface area (Å²) in [5, 5.41) is 5.31. The summed E-state index contributed by atoms with van der Waals surface area (Å²) in [6.45, 7) is 1.35. The number of carbonyl (C=O) groups is 3. The number of anilines is 1. The van der Waals surface area contributed by atoms with E-state index in [4.69, 9.17) is 4.74 Å². The molecule has 0 aliphatic carbocycles. The molecule has 1 heterocycles. The first-order chi connectivity index (χ1) is 11.1. The summed E-state index contributed by atoms with van der Waals surface area (Å²) in [6.07, 6.45) is 0. The van der Waals surface area contributed by atoms with Crippen LogP contribution in [0.3, 0.4) is 0 Å². The molecule has 1 aromatic carbocycles. The molecular weight excluding hydrogens is 318 g/mol. The van der Waals surface area contributed by atoms with E-state index in [0.29, 0.717) is 36.7 Å². The number of hydrogen-bond acceptors (Lipinski definition) is 5.